The Morgan fingerprint density at radius 1 is 1.38 bits per heavy atom. The van der Waals surface area contributed by atoms with Crippen LogP contribution in [0.5, 0.6) is 5.75 Å². The Hall–Kier alpha value is -1.02. The van der Waals surface area contributed by atoms with Crippen molar-refractivity contribution < 1.29 is 5.11 Å². The minimum Gasteiger partial charge on any atom is -0.508 e. The maximum atomic E-state index is 9.31. The highest BCUT2D eigenvalue weighted by Gasteiger charge is 2.06. The molecule has 0 amide bonds. The summed E-state index contributed by atoms with van der Waals surface area (Å²) in [6, 6.07) is 5.60. The van der Waals surface area contributed by atoms with Crippen molar-refractivity contribution in [2.75, 3.05) is 0 Å². The minimum absolute atomic E-state index is 0.358. The van der Waals surface area contributed by atoms with Crippen LogP contribution >= 0.6 is 11.3 Å². The van der Waals surface area contributed by atoms with E-state index in [2.05, 4.69) is 13.8 Å². The van der Waals surface area contributed by atoms with Crippen LogP contribution in [0, 0.1) is 6.92 Å². The first-order valence-corrected chi connectivity index (χ1v) is 5.25. The van der Waals surface area contributed by atoms with Gasteiger partial charge in [0.15, 0.2) is 0 Å². The Morgan fingerprint density at radius 2 is 2.15 bits per heavy atom. The van der Waals surface area contributed by atoms with Gasteiger partial charge in [0.05, 0.1) is 0 Å². The van der Waals surface area contributed by atoms with Crippen molar-refractivity contribution in [3.05, 3.63) is 28.6 Å². The van der Waals surface area contributed by atoms with E-state index >= 15 is 0 Å². The molecule has 13 heavy (non-hydrogen) atoms. The van der Waals surface area contributed by atoms with Crippen molar-refractivity contribution >= 4 is 21.4 Å². The summed E-state index contributed by atoms with van der Waals surface area (Å²) in [6.45, 7) is 4.31. The summed E-state index contributed by atoms with van der Waals surface area (Å²) in [5, 5.41) is 10.6. The van der Waals surface area contributed by atoms with Crippen LogP contribution < -0.4 is 0 Å². The molecule has 0 spiro atoms. The normalized spacial score (nSPS) is 10.9. The fourth-order valence-electron chi connectivity index (χ4n) is 1.70. The van der Waals surface area contributed by atoms with Crippen molar-refractivity contribution in [2.45, 2.75) is 20.3 Å². The molecular formula is C11H12OS. The van der Waals surface area contributed by atoms with Crippen LogP contribution in [-0.2, 0) is 6.42 Å². The number of aromatic hydroxyl groups is 1. The molecule has 2 heteroatoms. The van der Waals surface area contributed by atoms with E-state index in [-0.39, 0.29) is 0 Å². The Balaban J connectivity index is 2.79. The summed E-state index contributed by atoms with van der Waals surface area (Å²) < 4.78 is 1.19. The highest BCUT2D eigenvalue weighted by atomic mass is 32.1. The maximum absolute atomic E-state index is 9.31. The molecule has 0 atom stereocenters. The Bertz CT molecular complexity index is 443. The average Bonchev–Trinajstić information content (AvgIpc) is 2.39. The van der Waals surface area contributed by atoms with Gasteiger partial charge in [-0.05, 0) is 42.5 Å². The number of hydrogen-bond acceptors (Lipinski definition) is 2. The van der Waals surface area contributed by atoms with Gasteiger partial charge in [0.2, 0.25) is 0 Å². The quantitative estimate of drug-likeness (QED) is 0.733. The average molecular weight is 192 g/mol. The van der Waals surface area contributed by atoms with Crippen LogP contribution in [0.25, 0.3) is 10.1 Å². The monoisotopic (exact) mass is 192 g/mol. The fourth-order valence-corrected chi connectivity index (χ4v) is 2.89. The van der Waals surface area contributed by atoms with E-state index < -0.39 is 0 Å². The van der Waals surface area contributed by atoms with Crippen LogP contribution in [0.1, 0.15) is 17.4 Å². The maximum Gasteiger partial charge on any atom is 0.117 e. The summed E-state index contributed by atoms with van der Waals surface area (Å²) in [7, 11) is 0. The van der Waals surface area contributed by atoms with Gasteiger partial charge in [0.1, 0.15) is 5.75 Å². The van der Waals surface area contributed by atoms with Crippen LogP contribution in [-0.4, -0.2) is 5.11 Å². The molecule has 0 aliphatic rings. The second-order valence-corrected chi connectivity index (χ2v) is 4.43. The lowest BCUT2D eigenvalue weighted by atomic mass is 10.1. The third-order valence-electron chi connectivity index (χ3n) is 2.33. The van der Waals surface area contributed by atoms with Crippen LogP contribution in [0.15, 0.2) is 18.2 Å². The van der Waals surface area contributed by atoms with E-state index in [1.807, 2.05) is 12.1 Å². The zero-order valence-corrected chi connectivity index (χ0v) is 8.61. The second-order valence-electron chi connectivity index (χ2n) is 3.17. The number of hydrogen-bond donors (Lipinski definition) is 1. The highest BCUT2D eigenvalue weighted by molar-refractivity contribution is 7.19. The van der Waals surface area contributed by atoms with Gasteiger partial charge in [-0.1, -0.05) is 6.92 Å². The van der Waals surface area contributed by atoms with Crippen molar-refractivity contribution in [3.8, 4) is 5.75 Å². The van der Waals surface area contributed by atoms with E-state index in [1.54, 1.807) is 17.4 Å². The summed E-state index contributed by atoms with van der Waals surface area (Å²) >= 11 is 1.76. The molecule has 2 aromatic rings. The molecule has 1 aromatic heterocycles. The first-order valence-electron chi connectivity index (χ1n) is 4.43. The van der Waals surface area contributed by atoms with E-state index in [4.69, 9.17) is 0 Å². The summed E-state index contributed by atoms with van der Waals surface area (Å²) in [5.74, 6) is 0.358. The fraction of sp³-hybridized carbons (Fsp3) is 0.273. The molecule has 0 radical (unpaired) electrons. The lowest BCUT2D eigenvalue weighted by molar-refractivity contribution is 0.476. The predicted molar refractivity (Wildman–Crippen MR) is 57.6 cm³/mol. The second kappa shape index (κ2) is 3.04. The van der Waals surface area contributed by atoms with Gasteiger partial charge in [-0.25, -0.2) is 0 Å². The SMILES string of the molecule is CCc1c(C)sc2cc(O)ccc12. The number of rotatable bonds is 1. The molecular weight excluding hydrogens is 180 g/mol. The first-order chi connectivity index (χ1) is 6.22. The van der Waals surface area contributed by atoms with Crippen molar-refractivity contribution in [3.63, 3.8) is 0 Å². The molecule has 2 rings (SSSR count). The number of phenolic OH excluding ortho intramolecular Hbond substituents is 1. The third-order valence-corrected chi connectivity index (χ3v) is 3.44. The zero-order chi connectivity index (χ0) is 9.42. The number of phenols is 1. The van der Waals surface area contributed by atoms with Gasteiger partial charge >= 0.3 is 0 Å². The summed E-state index contributed by atoms with van der Waals surface area (Å²) in [6.07, 6.45) is 1.07. The van der Waals surface area contributed by atoms with Crippen LogP contribution in [0.4, 0.5) is 0 Å². The molecule has 1 aromatic carbocycles. The van der Waals surface area contributed by atoms with E-state index in [1.165, 1.54) is 20.5 Å². The van der Waals surface area contributed by atoms with Gasteiger partial charge in [0.25, 0.3) is 0 Å². The Labute approximate surface area is 81.6 Å². The van der Waals surface area contributed by atoms with Gasteiger partial charge in [-0.2, -0.15) is 0 Å². The Kier molecular flexibility index (Phi) is 2.00. The molecule has 0 saturated heterocycles. The van der Waals surface area contributed by atoms with Crippen LogP contribution in [0.2, 0.25) is 0 Å². The van der Waals surface area contributed by atoms with E-state index in [9.17, 15) is 5.11 Å². The van der Waals surface area contributed by atoms with Crippen LogP contribution in [0.3, 0.4) is 0 Å². The lowest BCUT2D eigenvalue weighted by Gasteiger charge is -1.95. The van der Waals surface area contributed by atoms with Crippen molar-refractivity contribution in [2.24, 2.45) is 0 Å². The van der Waals surface area contributed by atoms with Gasteiger partial charge in [-0.3, -0.25) is 0 Å². The number of thiophene rings is 1. The largest absolute Gasteiger partial charge is 0.508 e. The molecule has 0 unspecified atom stereocenters. The number of benzene rings is 1. The van der Waals surface area contributed by atoms with Crippen molar-refractivity contribution in [1.29, 1.82) is 0 Å². The predicted octanol–water partition coefficient (Wildman–Crippen LogP) is 3.48. The Morgan fingerprint density at radius 3 is 2.85 bits per heavy atom. The number of fused-ring (bicyclic) bond motifs is 1. The van der Waals surface area contributed by atoms with Crippen molar-refractivity contribution in [1.82, 2.24) is 0 Å². The summed E-state index contributed by atoms with van der Waals surface area (Å²) in [4.78, 5) is 1.36. The first kappa shape index (κ1) is 8.57. The third kappa shape index (κ3) is 1.31. The zero-order valence-electron chi connectivity index (χ0n) is 7.79. The summed E-state index contributed by atoms with van der Waals surface area (Å²) in [5.41, 5.74) is 1.42. The van der Waals surface area contributed by atoms with Gasteiger partial charge in [-0.15, -0.1) is 11.3 Å². The molecule has 1 heterocycles. The highest BCUT2D eigenvalue weighted by Crippen LogP contribution is 2.33. The van der Waals surface area contributed by atoms with E-state index in [0.717, 1.165) is 6.42 Å². The molecule has 68 valence electrons. The molecule has 1 nitrogen and oxygen atoms in total. The lowest BCUT2D eigenvalue weighted by Crippen LogP contribution is -1.78. The molecule has 0 aliphatic carbocycles. The molecule has 1 N–H and O–H groups in total. The topological polar surface area (TPSA) is 20.2 Å². The number of aryl methyl sites for hydroxylation is 2. The standard InChI is InChI=1S/C11H12OS/c1-3-9-7(2)13-11-6-8(12)4-5-10(9)11/h4-6,12H,3H2,1-2H3. The molecule has 0 saturated carbocycles. The molecule has 0 fully saturated rings. The van der Waals surface area contributed by atoms with E-state index in [0.29, 0.717) is 5.75 Å². The minimum atomic E-state index is 0.358. The smallest absolute Gasteiger partial charge is 0.117 e. The van der Waals surface area contributed by atoms with Gasteiger partial charge < -0.3 is 5.11 Å². The molecule has 0 bridgehead atoms. The molecule has 0 aliphatic heterocycles. The van der Waals surface area contributed by atoms with Gasteiger partial charge in [0, 0.05) is 9.58 Å².